The van der Waals surface area contributed by atoms with Crippen molar-refractivity contribution >= 4 is 43.7 Å². The zero-order valence-corrected chi connectivity index (χ0v) is 20.4. The van der Waals surface area contributed by atoms with Crippen molar-refractivity contribution < 1.29 is 13.2 Å². The summed E-state index contributed by atoms with van der Waals surface area (Å²) in [6.07, 6.45) is 0. The molecule has 2 aromatic carbocycles. The number of nitrogens with one attached hydrogen (secondary N) is 1. The number of aromatic nitrogens is 2. The van der Waals surface area contributed by atoms with Crippen LogP contribution in [0, 0.1) is 0 Å². The van der Waals surface area contributed by atoms with E-state index in [0.717, 1.165) is 14.9 Å². The molecule has 1 amide bonds. The van der Waals surface area contributed by atoms with Crippen molar-refractivity contribution in [2.75, 3.05) is 18.4 Å². The van der Waals surface area contributed by atoms with Crippen molar-refractivity contribution in [3.05, 3.63) is 76.4 Å². The predicted molar refractivity (Wildman–Crippen MR) is 134 cm³/mol. The summed E-state index contributed by atoms with van der Waals surface area (Å²) in [5, 5.41) is 10.3. The van der Waals surface area contributed by atoms with Gasteiger partial charge in [-0.1, -0.05) is 38.1 Å². The molecule has 2 heterocycles. The zero-order valence-electron chi connectivity index (χ0n) is 18.8. The van der Waals surface area contributed by atoms with Gasteiger partial charge in [-0.2, -0.15) is 9.40 Å². The van der Waals surface area contributed by atoms with Crippen LogP contribution in [0.4, 0.5) is 5.69 Å². The first kappa shape index (κ1) is 23.8. The molecule has 0 saturated carbocycles. The Morgan fingerprint density at radius 3 is 2.29 bits per heavy atom. The molecule has 34 heavy (non-hydrogen) atoms. The molecule has 10 heteroatoms. The van der Waals surface area contributed by atoms with Crippen molar-refractivity contribution in [2.45, 2.75) is 25.3 Å². The van der Waals surface area contributed by atoms with E-state index in [1.165, 1.54) is 39.9 Å². The smallest absolute Gasteiger partial charge is 0.275 e. The molecule has 8 nitrogen and oxygen atoms in total. The van der Waals surface area contributed by atoms with Crippen molar-refractivity contribution in [3.63, 3.8) is 0 Å². The summed E-state index contributed by atoms with van der Waals surface area (Å²) in [6, 6.07) is 17.0. The lowest BCUT2D eigenvalue weighted by atomic mass is 10.1. The quantitative estimate of drug-likeness (QED) is 0.400. The number of amides is 1. The SMILES string of the molecule is CCN(CC)S(=O)(=O)c1ccc(NC(=O)Cn2nc(-c3cccs3)c3ccccc3c2=O)cc1. The zero-order chi connectivity index (χ0) is 24.3. The van der Waals surface area contributed by atoms with Crippen molar-refractivity contribution in [1.29, 1.82) is 0 Å². The molecule has 0 bridgehead atoms. The fraction of sp³-hybridized carbons (Fsp3) is 0.208. The van der Waals surface area contributed by atoms with Crippen LogP contribution < -0.4 is 10.9 Å². The van der Waals surface area contributed by atoms with Crippen LogP contribution in [0.25, 0.3) is 21.3 Å². The molecular formula is C24H24N4O4S2. The molecule has 0 unspecified atom stereocenters. The van der Waals surface area contributed by atoms with Gasteiger partial charge in [0, 0.05) is 24.2 Å². The average molecular weight is 497 g/mol. The second kappa shape index (κ2) is 9.88. The van der Waals surface area contributed by atoms with Crippen LogP contribution in [0.5, 0.6) is 0 Å². The maximum Gasteiger partial charge on any atom is 0.275 e. The third-order valence-corrected chi connectivity index (χ3v) is 8.34. The molecule has 0 spiro atoms. The maximum atomic E-state index is 13.0. The number of carbonyl (C=O) groups excluding carboxylic acids is 1. The molecule has 1 N–H and O–H groups in total. The van der Waals surface area contributed by atoms with Gasteiger partial charge < -0.3 is 5.32 Å². The first-order valence-corrected chi connectivity index (χ1v) is 13.1. The Kier molecular flexibility index (Phi) is 6.92. The second-order valence-corrected chi connectivity index (χ2v) is 10.4. The van der Waals surface area contributed by atoms with Crippen LogP contribution in [0.15, 0.2) is 75.7 Å². The number of anilines is 1. The van der Waals surface area contributed by atoms with E-state index in [2.05, 4.69) is 10.4 Å². The van der Waals surface area contributed by atoms with Crippen molar-refractivity contribution in [1.82, 2.24) is 14.1 Å². The van der Waals surface area contributed by atoms with Gasteiger partial charge in [0.15, 0.2) is 0 Å². The lowest BCUT2D eigenvalue weighted by molar-refractivity contribution is -0.117. The number of rotatable bonds is 8. The van der Waals surface area contributed by atoms with Gasteiger partial charge in [-0.05, 0) is 41.8 Å². The van der Waals surface area contributed by atoms with E-state index >= 15 is 0 Å². The van der Waals surface area contributed by atoms with Gasteiger partial charge in [-0.15, -0.1) is 11.3 Å². The minimum atomic E-state index is -3.58. The van der Waals surface area contributed by atoms with E-state index in [0.29, 0.717) is 29.9 Å². The van der Waals surface area contributed by atoms with Gasteiger partial charge >= 0.3 is 0 Å². The average Bonchev–Trinajstić information content (AvgIpc) is 3.37. The Morgan fingerprint density at radius 1 is 1.00 bits per heavy atom. The number of fused-ring (bicyclic) bond motifs is 1. The summed E-state index contributed by atoms with van der Waals surface area (Å²) >= 11 is 1.50. The first-order valence-electron chi connectivity index (χ1n) is 10.8. The summed E-state index contributed by atoms with van der Waals surface area (Å²) in [4.78, 5) is 26.7. The number of benzene rings is 2. The molecule has 0 aliphatic carbocycles. The molecule has 4 aromatic rings. The molecule has 4 rings (SSSR count). The number of sulfonamides is 1. The third kappa shape index (κ3) is 4.65. The highest BCUT2D eigenvalue weighted by molar-refractivity contribution is 7.89. The van der Waals surface area contributed by atoms with Gasteiger partial charge in [0.1, 0.15) is 12.2 Å². The van der Waals surface area contributed by atoms with E-state index in [-0.39, 0.29) is 17.0 Å². The van der Waals surface area contributed by atoms with E-state index in [1.807, 2.05) is 29.6 Å². The lowest BCUT2D eigenvalue weighted by Gasteiger charge is -2.18. The Labute approximate surface area is 201 Å². The molecule has 0 saturated heterocycles. The summed E-state index contributed by atoms with van der Waals surface area (Å²) in [5.74, 6) is -0.443. The van der Waals surface area contributed by atoms with Crippen LogP contribution in [-0.2, 0) is 21.4 Å². The molecule has 0 fully saturated rings. The van der Waals surface area contributed by atoms with Crippen molar-refractivity contribution in [2.24, 2.45) is 0 Å². The molecule has 0 aliphatic rings. The van der Waals surface area contributed by atoms with Gasteiger partial charge in [0.05, 0.1) is 15.2 Å². The molecule has 176 valence electrons. The monoisotopic (exact) mass is 496 g/mol. The van der Waals surface area contributed by atoms with Gasteiger partial charge in [-0.3, -0.25) is 9.59 Å². The van der Waals surface area contributed by atoms with Gasteiger partial charge in [-0.25, -0.2) is 13.1 Å². The minimum Gasteiger partial charge on any atom is -0.324 e. The minimum absolute atomic E-state index is 0.155. The second-order valence-electron chi connectivity index (χ2n) is 7.50. The summed E-state index contributed by atoms with van der Waals surface area (Å²) in [6.45, 7) is 4.03. The lowest BCUT2D eigenvalue weighted by Crippen LogP contribution is -2.31. The third-order valence-electron chi connectivity index (χ3n) is 5.40. The van der Waals surface area contributed by atoms with Crippen LogP contribution in [0.3, 0.4) is 0 Å². The Bertz CT molecular complexity index is 1470. The normalized spacial score (nSPS) is 11.7. The van der Waals surface area contributed by atoms with Crippen molar-refractivity contribution in [3.8, 4) is 10.6 Å². The summed E-state index contributed by atoms with van der Waals surface area (Å²) < 4.78 is 27.8. The van der Waals surface area contributed by atoms with E-state index in [9.17, 15) is 18.0 Å². The number of hydrogen-bond acceptors (Lipinski definition) is 6. The Hall–Kier alpha value is -3.34. The number of nitrogens with zero attached hydrogens (tertiary/aromatic N) is 3. The first-order chi connectivity index (χ1) is 16.3. The molecule has 2 aromatic heterocycles. The molecular weight excluding hydrogens is 472 g/mol. The van der Waals surface area contributed by atoms with E-state index in [4.69, 9.17) is 0 Å². The van der Waals surface area contributed by atoms with Crippen LogP contribution >= 0.6 is 11.3 Å². The van der Waals surface area contributed by atoms with Crippen LogP contribution in [0.2, 0.25) is 0 Å². The largest absolute Gasteiger partial charge is 0.324 e. The Balaban J connectivity index is 1.58. The number of thiophene rings is 1. The van der Waals surface area contributed by atoms with Gasteiger partial charge in [0.25, 0.3) is 5.56 Å². The number of hydrogen-bond donors (Lipinski definition) is 1. The van der Waals surface area contributed by atoms with E-state index in [1.54, 1.807) is 26.0 Å². The topological polar surface area (TPSA) is 101 Å². The predicted octanol–water partition coefficient (Wildman–Crippen LogP) is 3.79. The maximum absolute atomic E-state index is 13.0. The van der Waals surface area contributed by atoms with Crippen LogP contribution in [-0.4, -0.2) is 41.5 Å². The number of carbonyl (C=O) groups is 1. The Morgan fingerprint density at radius 2 is 1.68 bits per heavy atom. The van der Waals surface area contributed by atoms with Gasteiger partial charge in [0.2, 0.25) is 15.9 Å². The summed E-state index contributed by atoms with van der Waals surface area (Å²) in [7, 11) is -3.58. The fourth-order valence-corrected chi connectivity index (χ4v) is 5.88. The van der Waals surface area contributed by atoms with E-state index < -0.39 is 15.9 Å². The molecule has 0 aliphatic heterocycles. The summed E-state index contributed by atoms with van der Waals surface area (Å²) in [5.41, 5.74) is 0.714. The fourth-order valence-electron chi connectivity index (χ4n) is 3.70. The highest BCUT2D eigenvalue weighted by atomic mass is 32.2. The highest BCUT2D eigenvalue weighted by Gasteiger charge is 2.21. The van der Waals surface area contributed by atoms with Crippen LogP contribution in [0.1, 0.15) is 13.8 Å². The highest BCUT2D eigenvalue weighted by Crippen LogP contribution is 2.28. The molecule has 0 radical (unpaired) electrons. The molecule has 0 atom stereocenters. The standard InChI is InChI=1S/C24H24N4O4S2/c1-3-27(4-2)34(31,32)18-13-11-17(12-14-18)25-22(29)16-28-24(30)20-9-6-5-8-19(20)23(26-28)21-10-7-15-33-21/h5-15H,3-4,16H2,1-2H3,(H,25,29).